The quantitative estimate of drug-likeness (QED) is 0.632. The molecule has 0 bridgehead atoms. The molecule has 4 nitrogen and oxygen atoms in total. The first-order chi connectivity index (χ1) is 11.1. The van der Waals surface area contributed by atoms with Crippen molar-refractivity contribution in [3.8, 4) is 0 Å². The van der Waals surface area contributed by atoms with Gasteiger partial charge in [0, 0.05) is 25.0 Å². The molecule has 2 rings (SSSR count). The van der Waals surface area contributed by atoms with Crippen LogP contribution in [0, 0.1) is 6.92 Å². The second-order valence-electron chi connectivity index (χ2n) is 5.86. The number of nitrogens with zero attached hydrogens (tertiary/aromatic N) is 2. The molecule has 0 fully saturated rings. The van der Waals surface area contributed by atoms with Crippen molar-refractivity contribution in [2.45, 2.75) is 26.6 Å². The highest BCUT2D eigenvalue weighted by molar-refractivity contribution is 7.10. The lowest BCUT2D eigenvalue weighted by molar-refractivity contribution is 0.402. The van der Waals surface area contributed by atoms with E-state index < -0.39 is 0 Å². The Bertz CT molecular complexity index is 629. The number of benzene rings is 1. The summed E-state index contributed by atoms with van der Waals surface area (Å²) in [6.45, 7) is 4.69. The molecule has 124 valence electrons. The zero-order valence-corrected chi connectivity index (χ0v) is 15.2. The molecule has 0 aliphatic rings. The van der Waals surface area contributed by atoms with Crippen LogP contribution in [0.4, 0.5) is 0 Å². The van der Waals surface area contributed by atoms with E-state index in [0.29, 0.717) is 0 Å². The highest BCUT2D eigenvalue weighted by Crippen LogP contribution is 2.14. The van der Waals surface area contributed by atoms with Crippen molar-refractivity contribution in [1.29, 1.82) is 0 Å². The number of hydrogen-bond donors (Lipinski definition) is 2. The molecule has 0 unspecified atom stereocenters. The Balaban J connectivity index is 1.82. The molecule has 0 saturated carbocycles. The Morgan fingerprint density at radius 1 is 1.04 bits per heavy atom. The lowest BCUT2D eigenvalue weighted by Gasteiger charge is -2.13. The van der Waals surface area contributed by atoms with Gasteiger partial charge in [-0.05, 0) is 49.2 Å². The number of hydrogen-bond acceptors (Lipinski definition) is 3. The molecule has 0 saturated heterocycles. The summed E-state index contributed by atoms with van der Waals surface area (Å²) in [7, 11) is 5.97. The fourth-order valence-corrected chi connectivity index (χ4v) is 3.13. The van der Waals surface area contributed by atoms with Crippen LogP contribution in [0.3, 0.4) is 0 Å². The van der Waals surface area contributed by atoms with Crippen LogP contribution in [0.1, 0.15) is 21.6 Å². The van der Waals surface area contributed by atoms with E-state index >= 15 is 0 Å². The Morgan fingerprint density at radius 2 is 1.70 bits per heavy atom. The van der Waals surface area contributed by atoms with Gasteiger partial charge in [-0.1, -0.05) is 24.3 Å². The van der Waals surface area contributed by atoms with Crippen molar-refractivity contribution in [2.24, 2.45) is 4.99 Å². The van der Waals surface area contributed by atoms with Gasteiger partial charge < -0.3 is 15.5 Å². The maximum absolute atomic E-state index is 4.28. The average molecular weight is 331 g/mol. The lowest BCUT2D eigenvalue weighted by Crippen LogP contribution is -2.36. The molecule has 0 spiro atoms. The monoisotopic (exact) mass is 330 g/mol. The van der Waals surface area contributed by atoms with Crippen molar-refractivity contribution in [2.75, 3.05) is 21.1 Å². The van der Waals surface area contributed by atoms with Crippen LogP contribution >= 0.6 is 11.3 Å². The maximum atomic E-state index is 4.28. The summed E-state index contributed by atoms with van der Waals surface area (Å²) in [5, 5.41) is 8.85. The maximum Gasteiger partial charge on any atom is 0.191 e. The predicted molar refractivity (Wildman–Crippen MR) is 99.9 cm³/mol. The molecule has 2 N–H and O–H groups in total. The van der Waals surface area contributed by atoms with Gasteiger partial charge in [0.05, 0.1) is 6.54 Å². The SMILES string of the molecule is CN=C(NCc1ccc(CN(C)C)cc1)NCc1sccc1C. The third-order valence-corrected chi connectivity index (χ3v) is 4.61. The molecule has 0 aliphatic heterocycles. The van der Waals surface area contributed by atoms with E-state index in [1.165, 1.54) is 21.6 Å². The summed E-state index contributed by atoms with van der Waals surface area (Å²) >= 11 is 1.77. The largest absolute Gasteiger partial charge is 0.352 e. The molecule has 1 heterocycles. The molecule has 0 atom stereocenters. The van der Waals surface area contributed by atoms with Gasteiger partial charge in [-0.15, -0.1) is 11.3 Å². The number of nitrogens with one attached hydrogen (secondary N) is 2. The molecule has 0 aliphatic carbocycles. The van der Waals surface area contributed by atoms with Gasteiger partial charge in [0.15, 0.2) is 5.96 Å². The van der Waals surface area contributed by atoms with Crippen LogP contribution in [-0.4, -0.2) is 32.0 Å². The summed E-state index contributed by atoms with van der Waals surface area (Å²) in [6, 6.07) is 10.8. The molecule has 2 aromatic rings. The van der Waals surface area contributed by atoms with Gasteiger partial charge >= 0.3 is 0 Å². The minimum Gasteiger partial charge on any atom is -0.352 e. The zero-order valence-electron chi connectivity index (χ0n) is 14.4. The van der Waals surface area contributed by atoms with E-state index in [2.05, 4.69) is 77.3 Å². The summed E-state index contributed by atoms with van der Waals surface area (Å²) in [6.07, 6.45) is 0. The first-order valence-electron chi connectivity index (χ1n) is 7.78. The molecule has 0 radical (unpaired) electrons. The number of guanidine groups is 1. The third kappa shape index (κ3) is 5.69. The minimum absolute atomic E-state index is 0.769. The predicted octanol–water partition coefficient (Wildman–Crippen LogP) is 2.98. The van der Waals surface area contributed by atoms with Crippen LogP contribution in [0.25, 0.3) is 0 Å². The van der Waals surface area contributed by atoms with Gasteiger partial charge in [-0.3, -0.25) is 4.99 Å². The smallest absolute Gasteiger partial charge is 0.191 e. The normalized spacial score (nSPS) is 11.8. The van der Waals surface area contributed by atoms with Crippen molar-refractivity contribution in [1.82, 2.24) is 15.5 Å². The van der Waals surface area contributed by atoms with Crippen molar-refractivity contribution >= 4 is 17.3 Å². The van der Waals surface area contributed by atoms with Crippen molar-refractivity contribution in [3.63, 3.8) is 0 Å². The molecular formula is C18H26N4S. The van der Waals surface area contributed by atoms with E-state index in [0.717, 1.165) is 25.6 Å². The Labute approximate surface area is 143 Å². The molecule has 1 aromatic carbocycles. The lowest BCUT2D eigenvalue weighted by atomic mass is 10.1. The number of aliphatic imine (C=N–C) groups is 1. The van der Waals surface area contributed by atoms with E-state index in [1.54, 1.807) is 18.4 Å². The third-order valence-electron chi connectivity index (χ3n) is 3.59. The second-order valence-corrected chi connectivity index (χ2v) is 6.86. The first-order valence-corrected chi connectivity index (χ1v) is 8.66. The standard InChI is InChI=1S/C18H26N4S/c1-14-9-10-23-17(14)12-21-18(19-2)20-11-15-5-7-16(8-6-15)13-22(3)4/h5-10H,11-13H2,1-4H3,(H2,19,20,21). The fourth-order valence-electron chi connectivity index (χ4n) is 2.28. The van der Waals surface area contributed by atoms with Gasteiger partial charge in [0.25, 0.3) is 0 Å². The van der Waals surface area contributed by atoms with Crippen LogP contribution in [0.5, 0.6) is 0 Å². The van der Waals surface area contributed by atoms with Crippen molar-refractivity contribution < 1.29 is 0 Å². The summed E-state index contributed by atoms with van der Waals surface area (Å²) < 4.78 is 0. The van der Waals surface area contributed by atoms with Gasteiger partial charge in [-0.2, -0.15) is 0 Å². The molecular weight excluding hydrogens is 304 g/mol. The van der Waals surface area contributed by atoms with Crippen LogP contribution in [0.15, 0.2) is 40.7 Å². The van der Waals surface area contributed by atoms with E-state index in [4.69, 9.17) is 0 Å². The van der Waals surface area contributed by atoms with E-state index in [1.807, 2.05) is 0 Å². The van der Waals surface area contributed by atoms with Crippen LogP contribution in [0.2, 0.25) is 0 Å². The number of rotatable bonds is 6. The minimum atomic E-state index is 0.769. The average Bonchev–Trinajstić information content (AvgIpc) is 2.94. The summed E-state index contributed by atoms with van der Waals surface area (Å²) in [4.78, 5) is 7.80. The van der Waals surface area contributed by atoms with Crippen molar-refractivity contribution in [3.05, 3.63) is 57.3 Å². The topological polar surface area (TPSA) is 39.7 Å². The highest BCUT2D eigenvalue weighted by Gasteiger charge is 2.03. The highest BCUT2D eigenvalue weighted by atomic mass is 32.1. The molecule has 23 heavy (non-hydrogen) atoms. The molecule has 0 amide bonds. The Hall–Kier alpha value is -1.85. The van der Waals surface area contributed by atoms with Gasteiger partial charge in [0.1, 0.15) is 0 Å². The van der Waals surface area contributed by atoms with E-state index in [9.17, 15) is 0 Å². The first kappa shape index (κ1) is 17.5. The number of aryl methyl sites for hydroxylation is 1. The van der Waals surface area contributed by atoms with Crippen LogP contribution in [-0.2, 0) is 19.6 Å². The van der Waals surface area contributed by atoms with Gasteiger partial charge in [-0.25, -0.2) is 0 Å². The van der Waals surface area contributed by atoms with Gasteiger partial charge in [0.2, 0.25) is 0 Å². The van der Waals surface area contributed by atoms with Crippen LogP contribution < -0.4 is 10.6 Å². The Morgan fingerprint density at radius 3 is 2.26 bits per heavy atom. The summed E-state index contributed by atoms with van der Waals surface area (Å²) in [5.41, 5.74) is 3.91. The van der Waals surface area contributed by atoms with E-state index in [-0.39, 0.29) is 0 Å². The number of thiophene rings is 1. The zero-order chi connectivity index (χ0) is 16.7. The fraction of sp³-hybridized carbons (Fsp3) is 0.389. The second kappa shape index (κ2) is 8.70. The molecule has 5 heteroatoms. The molecule has 1 aromatic heterocycles. The summed E-state index contributed by atoms with van der Waals surface area (Å²) in [5.74, 6) is 0.829. The Kier molecular flexibility index (Phi) is 6.62.